The Morgan fingerprint density at radius 1 is 1.35 bits per heavy atom. The molecule has 0 saturated carbocycles. The summed E-state index contributed by atoms with van der Waals surface area (Å²) in [6.45, 7) is 0.774. The van der Waals surface area contributed by atoms with Crippen molar-refractivity contribution in [3.05, 3.63) is 16.4 Å². The summed E-state index contributed by atoms with van der Waals surface area (Å²) in [5.74, 6) is 0. The number of nitrogens with zero attached hydrogens (tertiary/aromatic N) is 2. The second-order valence-corrected chi connectivity index (χ2v) is 4.08. The molecule has 0 aromatic carbocycles. The standard InChI is InChI=1S/C8H9ClF5N3/c1-7(15,6(10)11)3-4(8(12,13)14)16-17(2)5(3)9/h6H,15H2,1-2H3. The maximum absolute atomic E-state index is 12.7. The number of aromatic nitrogens is 2. The van der Waals surface area contributed by atoms with Crippen LogP contribution in [0.15, 0.2) is 0 Å². The van der Waals surface area contributed by atoms with E-state index in [0.717, 1.165) is 14.0 Å². The molecule has 0 fully saturated rings. The van der Waals surface area contributed by atoms with Gasteiger partial charge in [-0.3, -0.25) is 4.68 Å². The molecule has 1 atom stereocenters. The van der Waals surface area contributed by atoms with E-state index in [0.29, 0.717) is 4.68 Å². The van der Waals surface area contributed by atoms with Crippen LogP contribution in [-0.2, 0) is 18.8 Å². The third-order valence-electron chi connectivity index (χ3n) is 2.24. The van der Waals surface area contributed by atoms with Gasteiger partial charge in [-0.15, -0.1) is 0 Å². The first-order valence-electron chi connectivity index (χ1n) is 4.36. The van der Waals surface area contributed by atoms with Gasteiger partial charge in [0.15, 0.2) is 5.69 Å². The molecule has 1 aromatic rings. The van der Waals surface area contributed by atoms with Gasteiger partial charge in [0.2, 0.25) is 0 Å². The molecule has 0 aliphatic carbocycles. The van der Waals surface area contributed by atoms with Crippen LogP contribution in [0.4, 0.5) is 22.0 Å². The molecule has 2 N–H and O–H groups in total. The Balaban J connectivity index is 3.52. The van der Waals surface area contributed by atoms with Crippen molar-refractivity contribution in [2.75, 3.05) is 0 Å². The fourth-order valence-corrected chi connectivity index (χ4v) is 1.62. The van der Waals surface area contributed by atoms with Crippen LogP contribution in [0.3, 0.4) is 0 Å². The molecule has 17 heavy (non-hydrogen) atoms. The first-order valence-corrected chi connectivity index (χ1v) is 4.74. The fourth-order valence-electron chi connectivity index (χ4n) is 1.29. The van der Waals surface area contributed by atoms with E-state index in [4.69, 9.17) is 17.3 Å². The second kappa shape index (κ2) is 4.09. The molecule has 0 aliphatic heterocycles. The third kappa shape index (κ3) is 2.37. The molecule has 0 radical (unpaired) electrons. The molecular formula is C8H9ClF5N3. The summed E-state index contributed by atoms with van der Waals surface area (Å²) in [6, 6.07) is 0. The third-order valence-corrected chi connectivity index (χ3v) is 2.67. The summed E-state index contributed by atoms with van der Waals surface area (Å²) >= 11 is 5.54. The minimum atomic E-state index is -4.89. The molecule has 0 aliphatic rings. The van der Waals surface area contributed by atoms with Gasteiger partial charge in [0, 0.05) is 12.6 Å². The highest BCUT2D eigenvalue weighted by molar-refractivity contribution is 6.30. The Labute approximate surface area is 98.3 Å². The minimum Gasteiger partial charge on any atom is -0.317 e. The van der Waals surface area contributed by atoms with Crippen LogP contribution in [0, 0.1) is 0 Å². The second-order valence-electron chi connectivity index (χ2n) is 3.72. The number of nitrogens with two attached hydrogens (primary N) is 1. The lowest BCUT2D eigenvalue weighted by atomic mass is 9.94. The van der Waals surface area contributed by atoms with Gasteiger partial charge < -0.3 is 5.73 Å². The zero-order valence-corrected chi connectivity index (χ0v) is 9.57. The quantitative estimate of drug-likeness (QED) is 0.844. The molecule has 3 nitrogen and oxygen atoms in total. The Morgan fingerprint density at radius 2 is 1.82 bits per heavy atom. The summed E-state index contributed by atoms with van der Waals surface area (Å²) in [5.41, 5.74) is 0.298. The summed E-state index contributed by atoms with van der Waals surface area (Å²) in [5, 5.41) is 2.52. The molecule has 0 amide bonds. The van der Waals surface area contributed by atoms with Crippen molar-refractivity contribution in [3.8, 4) is 0 Å². The van der Waals surface area contributed by atoms with Crippen LogP contribution in [-0.4, -0.2) is 16.2 Å². The van der Waals surface area contributed by atoms with E-state index in [2.05, 4.69) is 5.10 Å². The molecule has 1 aromatic heterocycles. The van der Waals surface area contributed by atoms with Gasteiger partial charge in [-0.2, -0.15) is 18.3 Å². The molecule has 0 spiro atoms. The van der Waals surface area contributed by atoms with Crippen molar-refractivity contribution in [2.24, 2.45) is 12.8 Å². The number of aryl methyl sites for hydroxylation is 1. The SMILES string of the molecule is Cn1nc(C(F)(F)F)c(C(C)(N)C(F)F)c1Cl. The molecule has 9 heteroatoms. The largest absolute Gasteiger partial charge is 0.435 e. The van der Waals surface area contributed by atoms with Crippen LogP contribution in [0.1, 0.15) is 18.2 Å². The van der Waals surface area contributed by atoms with E-state index >= 15 is 0 Å². The number of rotatable bonds is 2. The highest BCUT2D eigenvalue weighted by Crippen LogP contribution is 2.40. The number of halogens is 6. The summed E-state index contributed by atoms with van der Waals surface area (Å²) in [4.78, 5) is 0. The van der Waals surface area contributed by atoms with Crippen LogP contribution < -0.4 is 5.73 Å². The predicted octanol–water partition coefficient (Wildman–Crippen LogP) is 2.53. The Hall–Kier alpha value is -0.890. The Morgan fingerprint density at radius 3 is 2.18 bits per heavy atom. The zero-order chi connectivity index (χ0) is 13.6. The van der Waals surface area contributed by atoms with E-state index in [1.54, 1.807) is 0 Å². The molecule has 0 bridgehead atoms. The van der Waals surface area contributed by atoms with Gasteiger partial charge in [-0.1, -0.05) is 11.6 Å². The van der Waals surface area contributed by atoms with E-state index in [9.17, 15) is 22.0 Å². The molecule has 0 saturated heterocycles. The maximum atomic E-state index is 12.7. The van der Waals surface area contributed by atoms with Gasteiger partial charge in [-0.05, 0) is 6.92 Å². The van der Waals surface area contributed by atoms with Crippen molar-refractivity contribution < 1.29 is 22.0 Å². The van der Waals surface area contributed by atoms with Gasteiger partial charge in [-0.25, -0.2) is 8.78 Å². The normalized spacial score (nSPS) is 16.4. The predicted molar refractivity (Wildman–Crippen MR) is 50.8 cm³/mol. The summed E-state index contributed by atoms with van der Waals surface area (Å²) in [7, 11) is 1.11. The van der Waals surface area contributed by atoms with Crippen LogP contribution in [0.2, 0.25) is 5.15 Å². The smallest absolute Gasteiger partial charge is 0.317 e. The van der Waals surface area contributed by atoms with Crippen LogP contribution in [0.5, 0.6) is 0 Å². The maximum Gasteiger partial charge on any atom is 0.435 e. The first kappa shape index (κ1) is 14.2. The van der Waals surface area contributed by atoms with E-state index in [1.165, 1.54) is 0 Å². The highest BCUT2D eigenvalue weighted by Gasteiger charge is 2.47. The van der Waals surface area contributed by atoms with E-state index in [1.807, 2.05) is 0 Å². The first-order chi connectivity index (χ1) is 7.49. The average Bonchev–Trinajstić information content (AvgIpc) is 2.42. The molecular weight excluding hydrogens is 269 g/mol. The number of alkyl halides is 5. The fraction of sp³-hybridized carbons (Fsp3) is 0.625. The van der Waals surface area contributed by atoms with Gasteiger partial charge in [0.25, 0.3) is 6.43 Å². The van der Waals surface area contributed by atoms with Gasteiger partial charge in [0.1, 0.15) is 10.7 Å². The topological polar surface area (TPSA) is 43.8 Å². The lowest BCUT2D eigenvalue weighted by molar-refractivity contribution is -0.143. The van der Waals surface area contributed by atoms with E-state index < -0.39 is 34.6 Å². The zero-order valence-electron chi connectivity index (χ0n) is 8.82. The number of hydrogen-bond acceptors (Lipinski definition) is 2. The van der Waals surface area contributed by atoms with Crippen molar-refractivity contribution >= 4 is 11.6 Å². The Kier molecular flexibility index (Phi) is 3.41. The molecule has 1 heterocycles. The molecule has 1 unspecified atom stereocenters. The number of hydrogen-bond donors (Lipinski definition) is 1. The lowest BCUT2D eigenvalue weighted by Crippen LogP contribution is -2.42. The summed E-state index contributed by atoms with van der Waals surface area (Å²) < 4.78 is 63.8. The molecule has 1 rings (SSSR count). The monoisotopic (exact) mass is 277 g/mol. The minimum absolute atomic E-state index is 0.553. The van der Waals surface area contributed by atoms with Crippen molar-refractivity contribution in [3.63, 3.8) is 0 Å². The van der Waals surface area contributed by atoms with Gasteiger partial charge in [0.05, 0.1) is 0 Å². The Bertz CT molecular complexity index is 424. The lowest BCUT2D eigenvalue weighted by Gasteiger charge is -2.24. The van der Waals surface area contributed by atoms with Crippen molar-refractivity contribution in [1.29, 1.82) is 0 Å². The van der Waals surface area contributed by atoms with Crippen molar-refractivity contribution in [2.45, 2.75) is 25.1 Å². The van der Waals surface area contributed by atoms with E-state index in [-0.39, 0.29) is 0 Å². The average molecular weight is 278 g/mol. The molecule has 98 valence electrons. The highest BCUT2D eigenvalue weighted by atomic mass is 35.5. The van der Waals surface area contributed by atoms with Crippen LogP contribution in [0.25, 0.3) is 0 Å². The summed E-state index contributed by atoms with van der Waals surface area (Å²) in [6.07, 6.45) is -8.10. The van der Waals surface area contributed by atoms with Gasteiger partial charge >= 0.3 is 6.18 Å². The van der Waals surface area contributed by atoms with Crippen LogP contribution >= 0.6 is 11.6 Å². The van der Waals surface area contributed by atoms with Crippen molar-refractivity contribution in [1.82, 2.24) is 9.78 Å².